The first kappa shape index (κ1) is 32.8. The number of nitrogens with one attached hydrogen (secondary N) is 1. The van der Waals surface area contributed by atoms with Crippen LogP contribution in [0.15, 0.2) is 77.7 Å². The highest BCUT2D eigenvalue weighted by Gasteiger charge is 2.35. The van der Waals surface area contributed by atoms with Gasteiger partial charge >= 0.3 is 0 Å². The number of halogens is 2. The quantitative estimate of drug-likeness (QED) is 0.235. The average molecular weight is 645 g/mol. The molecule has 2 amide bonds. The first-order chi connectivity index (χ1) is 20.6. The van der Waals surface area contributed by atoms with Crippen molar-refractivity contribution < 1.29 is 18.0 Å². The van der Waals surface area contributed by atoms with Gasteiger partial charge in [0.25, 0.3) is 10.0 Å². The summed E-state index contributed by atoms with van der Waals surface area (Å²) < 4.78 is 29.1. The van der Waals surface area contributed by atoms with Crippen molar-refractivity contribution in [2.24, 2.45) is 0 Å². The second-order valence-electron chi connectivity index (χ2n) is 11.0. The summed E-state index contributed by atoms with van der Waals surface area (Å²) in [6.07, 6.45) is 5.98. The fourth-order valence-electron chi connectivity index (χ4n) is 5.47. The van der Waals surface area contributed by atoms with Gasteiger partial charge in [0, 0.05) is 17.6 Å². The Morgan fingerprint density at radius 3 is 2.28 bits per heavy atom. The van der Waals surface area contributed by atoms with Crippen LogP contribution >= 0.6 is 23.2 Å². The molecule has 10 heteroatoms. The van der Waals surface area contributed by atoms with Gasteiger partial charge in [0.2, 0.25) is 11.8 Å². The number of hydrogen-bond acceptors (Lipinski definition) is 4. The van der Waals surface area contributed by atoms with Crippen LogP contribution in [0.1, 0.15) is 56.6 Å². The molecule has 0 bridgehead atoms. The number of aryl methyl sites for hydroxylation is 1. The van der Waals surface area contributed by atoms with Gasteiger partial charge in [-0.2, -0.15) is 0 Å². The highest BCUT2D eigenvalue weighted by atomic mass is 35.5. The number of hydrogen-bond donors (Lipinski definition) is 1. The Labute approximate surface area is 265 Å². The Balaban J connectivity index is 1.70. The maximum atomic E-state index is 14.2. The van der Waals surface area contributed by atoms with Gasteiger partial charge in [-0.05, 0) is 68.5 Å². The molecule has 1 atom stereocenters. The lowest BCUT2D eigenvalue weighted by Gasteiger charge is -2.34. The summed E-state index contributed by atoms with van der Waals surface area (Å²) in [4.78, 5) is 29.4. The lowest BCUT2D eigenvalue weighted by atomic mass is 9.95. The number of sulfonamides is 1. The molecule has 7 nitrogen and oxygen atoms in total. The largest absolute Gasteiger partial charge is 0.352 e. The zero-order valence-corrected chi connectivity index (χ0v) is 27.0. The lowest BCUT2D eigenvalue weighted by molar-refractivity contribution is -0.140. The third-order valence-corrected chi connectivity index (χ3v) is 10.2. The van der Waals surface area contributed by atoms with Crippen LogP contribution in [0.25, 0.3) is 0 Å². The standard InChI is InChI=1S/C33H39Cl2N3O4S/c1-3-30(33(40)36-27-12-8-5-9-13-27)37(21-20-25-10-6-4-7-11-25)32(39)23-38(31-22-26(34)16-19-29(31)35)43(41,42)28-17-14-24(2)15-18-28/h4,6-7,10-11,14-19,22,27,30H,3,5,8-9,12-13,20-21,23H2,1-2H3,(H,36,40)/t30-/m1/s1. The molecule has 230 valence electrons. The number of rotatable bonds is 12. The average Bonchev–Trinajstić information content (AvgIpc) is 3.00. The molecular formula is C33H39Cl2N3O4S. The van der Waals surface area contributed by atoms with Crippen molar-refractivity contribution in [3.8, 4) is 0 Å². The van der Waals surface area contributed by atoms with Crippen molar-refractivity contribution in [3.63, 3.8) is 0 Å². The predicted octanol–water partition coefficient (Wildman–Crippen LogP) is 6.80. The molecule has 0 heterocycles. The number of carbonyl (C=O) groups excluding carboxylic acids is 2. The van der Waals surface area contributed by atoms with Crippen LogP contribution in [0.5, 0.6) is 0 Å². The summed E-state index contributed by atoms with van der Waals surface area (Å²) in [5.41, 5.74) is 1.99. The maximum Gasteiger partial charge on any atom is 0.264 e. The Morgan fingerprint density at radius 2 is 1.63 bits per heavy atom. The van der Waals surface area contributed by atoms with E-state index in [4.69, 9.17) is 23.2 Å². The van der Waals surface area contributed by atoms with Crippen LogP contribution in [0.2, 0.25) is 10.0 Å². The summed E-state index contributed by atoms with van der Waals surface area (Å²) in [5, 5.41) is 3.57. The SMILES string of the molecule is CC[C@H](C(=O)NC1CCCCC1)N(CCc1ccccc1)C(=O)CN(c1cc(Cl)ccc1Cl)S(=O)(=O)c1ccc(C)cc1. The highest BCUT2D eigenvalue weighted by molar-refractivity contribution is 7.92. The van der Waals surface area contributed by atoms with E-state index in [2.05, 4.69) is 5.32 Å². The van der Waals surface area contributed by atoms with E-state index in [1.807, 2.05) is 44.2 Å². The molecule has 1 fully saturated rings. The zero-order valence-electron chi connectivity index (χ0n) is 24.6. The van der Waals surface area contributed by atoms with Crippen LogP contribution in [0, 0.1) is 6.92 Å². The van der Waals surface area contributed by atoms with Crippen molar-refractivity contribution in [3.05, 3.63) is 94.0 Å². The van der Waals surface area contributed by atoms with Gasteiger partial charge in [-0.15, -0.1) is 0 Å². The summed E-state index contributed by atoms with van der Waals surface area (Å²) >= 11 is 12.8. The molecule has 1 aliphatic carbocycles. The van der Waals surface area contributed by atoms with Crippen molar-refractivity contribution in [2.75, 3.05) is 17.4 Å². The van der Waals surface area contributed by atoms with Crippen molar-refractivity contribution in [2.45, 2.75) is 75.8 Å². The molecule has 0 radical (unpaired) electrons. The Kier molecular flexibility index (Phi) is 11.5. The van der Waals surface area contributed by atoms with E-state index >= 15 is 0 Å². The number of carbonyl (C=O) groups is 2. The fourth-order valence-corrected chi connectivity index (χ4v) is 7.33. The molecule has 4 rings (SSSR count). The minimum absolute atomic E-state index is 0.0138. The van der Waals surface area contributed by atoms with Crippen LogP contribution in [0.4, 0.5) is 5.69 Å². The molecule has 43 heavy (non-hydrogen) atoms. The summed E-state index contributed by atoms with van der Waals surface area (Å²) in [6, 6.07) is 19.9. The van der Waals surface area contributed by atoms with E-state index in [0.717, 1.165) is 47.5 Å². The number of nitrogens with zero attached hydrogens (tertiary/aromatic N) is 2. The molecular weight excluding hydrogens is 605 g/mol. The van der Waals surface area contributed by atoms with Crippen molar-refractivity contribution >= 4 is 50.7 Å². The minimum atomic E-state index is -4.24. The highest BCUT2D eigenvalue weighted by Crippen LogP contribution is 2.33. The number of benzene rings is 3. The molecule has 1 aliphatic rings. The minimum Gasteiger partial charge on any atom is -0.352 e. The second kappa shape index (κ2) is 15.1. The van der Waals surface area contributed by atoms with E-state index in [9.17, 15) is 18.0 Å². The van der Waals surface area contributed by atoms with Crippen molar-refractivity contribution in [1.29, 1.82) is 0 Å². The fraction of sp³-hybridized carbons (Fsp3) is 0.394. The molecule has 0 saturated heterocycles. The predicted molar refractivity (Wildman–Crippen MR) is 173 cm³/mol. The molecule has 0 unspecified atom stereocenters. The lowest BCUT2D eigenvalue weighted by Crippen LogP contribution is -2.54. The van der Waals surface area contributed by atoms with Crippen LogP contribution in [0.3, 0.4) is 0 Å². The first-order valence-corrected chi connectivity index (χ1v) is 17.0. The summed E-state index contributed by atoms with van der Waals surface area (Å²) in [5.74, 6) is -0.724. The van der Waals surface area contributed by atoms with E-state index in [0.29, 0.717) is 12.8 Å². The van der Waals surface area contributed by atoms with Gasteiger partial charge < -0.3 is 10.2 Å². The summed E-state index contributed by atoms with van der Waals surface area (Å²) in [6.45, 7) is 3.40. The van der Waals surface area contributed by atoms with Gasteiger partial charge in [-0.25, -0.2) is 8.42 Å². The van der Waals surface area contributed by atoms with Gasteiger partial charge in [0.05, 0.1) is 15.6 Å². The smallest absolute Gasteiger partial charge is 0.264 e. The maximum absolute atomic E-state index is 14.2. The Hall–Kier alpha value is -3.07. The normalized spacial score (nSPS) is 14.6. The van der Waals surface area contributed by atoms with Crippen LogP contribution in [-0.4, -0.2) is 50.3 Å². The number of anilines is 1. The molecule has 3 aromatic carbocycles. The zero-order chi connectivity index (χ0) is 31.0. The third-order valence-electron chi connectivity index (χ3n) is 7.89. The third kappa shape index (κ3) is 8.52. The second-order valence-corrected chi connectivity index (χ2v) is 13.7. The molecule has 1 N–H and O–H groups in total. The first-order valence-electron chi connectivity index (χ1n) is 14.8. The Bertz CT molecular complexity index is 1490. The van der Waals surface area contributed by atoms with Crippen molar-refractivity contribution in [1.82, 2.24) is 10.2 Å². The molecule has 0 spiro atoms. The van der Waals surface area contributed by atoms with E-state index < -0.39 is 28.5 Å². The monoisotopic (exact) mass is 643 g/mol. The van der Waals surface area contributed by atoms with E-state index in [1.165, 1.54) is 29.2 Å². The van der Waals surface area contributed by atoms with Crippen LogP contribution in [-0.2, 0) is 26.0 Å². The molecule has 1 saturated carbocycles. The number of amides is 2. The van der Waals surface area contributed by atoms with Crippen LogP contribution < -0.4 is 9.62 Å². The van der Waals surface area contributed by atoms with E-state index in [-0.39, 0.29) is 39.1 Å². The van der Waals surface area contributed by atoms with Gasteiger partial charge in [0.15, 0.2) is 0 Å². The molecule has 0 aromatic heterocycles. The van der Waals surface area contributed by atoms with Gasteiger partial charge in [-0.3, -0.25) is 13.9 Å². The molecule has 3 aromatic rings. The van der Waals surface area contributed by atoms with Gasteiger partial charge in [-0.1, -0.05) is 97.4 Å². The van der Waals surface area contributed by atoms with Gasteiger partial charge in [0.1, 0.15) is 12.6 Å². The molecule has 0 aliphatic heterocycles. The summed E-state index contributed by atoms with van der Waals surface area (Å²) in [7, 11) is -4.24. The Morgan fingerprint density at radius 1 is 0.953 bits per heavy atom. The topological polar surface area (TPSA) is 86.8 Å². The van der Waals surface area contributed by atoms with E-state index in [1.54, 1.807) is 18.2 Å².